The van der Waals surface area contributed by atoms with Crippen LogP contribution in [0.25, 0.3) is 0 Å². The predicted octanol–water partition coefficient (Wildman–Crippen LogP) is 3.24. The zero-order valence-corrected chi connectivity index (χ0v) is 14.2. The van der Waals surface area contributed by atoms with Crippen molar-refractivity contribution in [2.24, 2.45) is 5.92 Å². The minimum atomic E-state index is -0.164. The monoisotopic (exact) mass is 316 g/mol. The molecule has 1 aromatic carbocycles. The molecule has 0 amide bonds. The molecule has 1 unspecified atom stereocenters. The molecule has 2 heterocycles. The van der Waals surface area contributed by atoms with Gasteiger partial charge >= 0.3 is 0 Å². The molecule has 1 aliphatic heterocycles. The van der Waals surface area contributed by atoms with Gasteiger partial charge in [-0.15, -0.1) is 0 Å². The van der Waals surface area contributed by atoms with Gasteiger partial charge in [0, 0.05) is 6.54 Å². The van der Waals surface area contributed by atoms with Gasteiger partial charge in [-0.2, -0.15) is 5.10 Å². The van der Waals surface area contributed by atoms with E-state index in [1.54, 1.807) is 18.5 Å². The third kappa shape index (κ3) is 3.96. The predicted molar refractivity (Wildman–Crippen MR) is 88.5 cm³/mol. The van der Waals surface area contributed by atoms with Crippen molar-refractivity contribution in [3.63, 3.8) is 0 Å². The van der Waals surface area contributed by atoms with Crippen molar-refractivity contribution in [3.8, 4) is 0 Å². The molecule has 0 spiro atoms. The van der Waals surface area contributed by atoms with Crippen LogP contribution >= 0.6 is 0 Å². The van der Waals surface area contributed by atoms with E-state index in [4.69, 9.17) is 0 Å². The molecule has 0 radical (unpaired) electrons. The smallest absolute Gasteiger partial charge is 0.141 e. The summed E-state index contributed by atoms with van der Waals surface area (Å²) in [6.45, 7) is 9.43. The van der Waals surface area contributed by atoms with E-state index in [2.05, 4.69) is 35.8 Å². The lowest BCUT2D eigenvalue weighted by Gasteiger charge is -2.23. The number of hydrogen-bond acceptors (Lipinski definition) is 3. The first-order valence-electron chi connectivity index (χ1n) is 8.28. The molecule has 1 aliphatic rings. The number of likely N-dealkylation sites (tertiary alicyclic amines) is 1. The lowest BCUT2D eigenvalue weighted by molar-refractivity contribution is 0.274. The van der Waals surface area contributed by atoms with Gasteiger partial charge in [0.2, 0.25) is 0 Å². The van der Waals surface area contributed by atoms with Crippen LogP contribution in [0.4, 0.5) is 4.39 Å². The van der Waals surface area contributed by atoms with E-state index in [0.29, 0.717) is 5.92 Å². The average Bonchev–Trinajstić information content (AvgIpc) is 3.11. The number of aromatic nitrogens is 3. The van der Waals surface area contributed by atoms with Crippen LogP contribution < -0.4 is 0 Å². The van der Waals surface area contributed by atoms with E-state index < -0.39 is 0 Å². The molecule has 1 aromatic heterocycles. The molecule has 23 heavy (non-hydrogen) atoms. The van der Waals surface area contributed by atoms with Crippen LogP contribution in [0.3, 0.4) is 0 Å². The van der Waals surface area contributed by atoms with Crippen LogP contribution in [-0.2, 0) is 18.5 Å². The maximum Gasteiger partial charge on any atom is 0.141 e. The van der Waals surface area contributed by atoms with Gasteiger partial charge in [0.25, 0.3) is 0 Å². The highest BCUT2D eigenvalue weighted by Gasteiger charge is 2.26. The number of halogens is 1. The SMILES string of the molecule is CC(C)(C)n1ncnc1CN1CCC(Cc2ccc(F)cc2)C1. The van der Waals surface area contributed by atoms with Crippen LogP contribution in [0.5, 0.6) is 0 Å². The summed E-state index contributed by atoms with van der Waals surface area (Å²) in [5.41, 5.74) is 1.18. The van der Waals surface area contributed by atoms with Crippen LogP contribution in [0, 0.1) is 11.7 Å². The second kappa shape index (κ2) is 6.40. The van der Waals surface area contributed by atoms with E-state index in [1.165, 1.54) is 12.0 Å². The Morgan fingerprint density at radius 3 is 2.65 bits per heavy atom. The summed E-state index contributed by atoms with van der Waals surface area (Å²) in [6.07, 6.45) is 3.84. The fourth-order valence-corrected chi connectivity index (χ4v) is 3.31. The topological polar surface area (TPSA) is 34.0 Å². The Balaban J connectivity index is 1.58. The highest BCUT2D eigenvalue weighted by Crippen LogP contribution is 2.23. The van der Waals surface area contributed by atoms with Crippen LogP contribution in [-0.4, -0.2) is 32.8 Å². The van der Waals surface area contributed by atoms with E-state index >= 15 is 0 Å². The summed E-state index contributed by atoms with van der Waals surface area (Å²) in [7, 11) is 0. The van der Waals surface area contributed by atoms with Crippen molar-refractivity contribution < 1.29 is 4.39 Å². The average molecular weight is 316 g/mol. The summed E-state index contributed by atoms with van der Waals surface area (Å²) in [5.74, 6) is 1.50. The Kier molecular flexibility index (Phi) is 4.48. The van der Waals surface area contributed by atoms with Gasteiger partial charge in [0.15, 0.2) is 0 Å². The summed E-state index contributed by atoms with van der Waals surface area (Å²) < 4.78 is 15.0. The quantitative estimate of drug-likeness (QED) is 0.868. The van der Waals surface area contributed by atoms with Gasteiger partial charge in [-0.25, -0.2) is 14.1 Å². The van der Waals surface area contributed by atoms with Gasteiger partial charge in [-0.1, -0.05) is 12.1 Å². The second-order valence-corrected chi connectivity index (χ2v) is 7.48. The number of benzene rings is 1. The first-order valence-corrected chi connectivity index (χ1v) is 8.28. The van der Waals surface area contributed by atoms with Crippen molar-refractivity contribution in [1.82, 2.24) is 19.7 Å². The van der Waals surface area contributed by atoms with E-state index in [1.807, 2.05) is 16.8 Å². The molecule has 0 saturated carbocycles. The summed E-state index contributed by atoms with van der Waals surface area (Å²) >= 11 is 0. The Labute approximate surface area is 137 Å². The Morgan fingerprint density at radius 2 is 1.96 bits per heavy atom. The Bertz CT molecular complexity index is 642. The molecular weight excluding hydrogens is 291 g/mol. The molecule has 2 aromatic rings. The molecular formula is C18H25FN4. The van der Waals surface area contributed by atoms with Crippen molar-refractivity contribution in [2.75, 3.05) is 13.1 Å². The fraction of sp³-hybridized carbons (Fsp3) is 0.556. The standard InChI is InChI=1S/C18H25FN4/c1-18(2,3)23-17(20-13-21-23)12-22-9-8-15(11-22)10-14-4-6-16(19)7-5-14/h4-7,13,15H,8-12H2,1-3H3. The third-order valence-corrected chi connectivity index (χ3v) is 4.43. The molecule has 3 rings (SSSR count). The molecule has 0 aliphatic carbocycles. The highest BCUT2D eigenvalue weighted by atomic mass is 19.1. The van der Waals surface area contributed by atoms with Gasteiger partial charge in [0.05, 0.1) is 12.1 Å². The third-order valence-electron chi connectivity index (χ3n) is 4.43. The first kappa shape index (κ1) is 16.1. The van der Waals surface area contributed by atoms with E-state index in [0.717, 1.165) is 31.9 Å². The molecule has 1 atom stereocenters. The lowest BCUT2D eigenvalue weighted by atomic mass is 9.99. The Hall–Kier alpha value is -1.75. The number of rotatable bonds is 4. The molecule has 4 nitrogen and oxygen atoms in total. The zero-order chi connectivity index (χ0) is 16.4. The number of nitrogens with zero attached hydrogens (tertiary/aromatic N) is 4. The van der Waals surface area contributed by atoms with Crippen LogP contribution in [0.15, 0.2) is 30.6 Å². The lowest BCUT2D eigenvalue weighted by Crippen LogP contribution is -2.29. The maximum absolute atomic E-state index is 13.0. The molecule has 0 bridgehead atoms. The van der Waals surface area contributed by atoms with E-state index in [9.17, 15) is 4.39 Å². The van der Waals surface area contributed by atoms with E-state index in [-0.39, 0.29) is 11.4 Å². The number of hydrogen-bond donors (Lipinski definition) is 0. The minimum Gasteiger partial charge on any atom is -0.296 e. The van der Waals surface area contributed by atoms with Crippen LogP contribution in [0.1, 0.15) is 38.6 Å². The van der Waals surface area contributed by atoms with Crippen molar-refractivity contribution in [3.05, 3.63) is 47.8 Å². The van der Waals surface area contributed by atoms with Gasteiger partial charge in [-0.3, -0.25) is 4.90 Å². The fourth-order valence-electron chi connectivity index (χ4n) is 3.31. The van der Waals surface area contributed by atoms with Gasteiger partial charge < -0.3 is 0 Å². The normalized spacial score (nSPS) is 19.4. The maximum atomic E-state index is 13.0. The van der Waals surface area contributed by atoms with Gasteiger partial charge in [-0.05, 0) is 63.8 Å². The molecule has 1 saturated heterocycles. The molecule has 5 heteroatoms. The largest absolute Gasteiger partial charge is 0.296 e. The minimum absolute atomic E-state index is 0.0426. The van der Waals surface area contributed by atoms with Crippen LogP contribution in [0.2, 0.25) is 0 Å². The first-order chi connectivity index (χ1) is 10.9. The molecule has 0 N–H and O–H groups in total. The zero-order valence-electron chi connectivity index (χ0n) is 14.2. The Morgan fingerprint density at radius 1 is 1.22 bits per heavy atom. The van der Waals surface area contributed by atoms with Gasteiger partial charge in [0.1, 0.15) is 18.0 Å². The summed E-state index contributed by atoms with van der Waals surface area (Å²) in [6, 6.07) is 6.89. The molecule has 1 fully saturated rings. The highest BCUT2D eigenvalue weighted by molar-refractivity contribution is 5.17. The molecule has 124 valence electrons. The van der Waals surface area contributed by atoms with Crippen molar-refractivity contribution in [2.45, 2.75) is 45.7 Å². The summed E-state index contributed by atoms with van der Waals surface area (Å²) in [4.78, 5) is 6.88. The van der Waals surface area contributed by atoms with Crippen molar-refractivity contribution >= 4 is 0 Å². The summed E-state index contributed by atoms with van der Waals surface area (Å²) in [5, 5.41) is 4.37. The second-order valence-electron chi connectivity index (χ2n) is 7.48. The van der Waals surface area contributed by atoms with Crippen molar-refractivity contribution in [1.29, 1.82) is 0 Å².